The lowest BCUT2D eigenvalue weighted by Gasteiger charge is -2.38. The molecule has 4 aromatic heterocycles. The molecule has 0 radical (unpaired) electrons. The summed E-state index contributed by atoms with van der Waals surface area (Å²) in [5, 5.41) is 21.5. The molecule has 0 spiro atoms. The molecule has 202 valence electrons. The van der Waals surface area contributed by atoms with Crippen LogP contribution >= 0.6 is 0 Å². The van der Waals surface area contributed by atoms with E-state index in [4.69, 9.17) is 10.7 Å². The van der Waals surface area contributed by atoms with Crippen LogP contribution in [0, 0.1) is 6.92 Å². The first kappa shape index (κ1) is 25.1. The molecule has 3 atom stereocenters. The third kappa shape index (κ3) is 4.15. The SMILES string of the molecule is CC(=O)c1c(C2C[C@H]3CC[C@@H](C2)N3C(=O)c2n[nH]c(C)n2)nc2c(-c3ccc(C(C)(C)O)nc3)cnn2c1N. The molecule has 0 saturated carbocycles. The minimum absolute atomic E-state index is 0.00192. The highest BCUT2D eigenvalue weighted by Crippen LogP contribution is 2.45. The Labute approximate surface area is 224 Å². The summed E-state index contributed by atoms with van der Waals surface area (Å²) < 4.78 is 1.50. The number of anilines is 1. The summed E-state index contributed by atoms with van der Waals surface area (Å²) in [6.45, 7) is 6.62. The maximum absolute atomic E-state index is 13.2. The standard InChI is InChI=1S/C27H31N9O3/c1-13(37)21-22(16-9-17-6-7-18(10-16)35(17)26(38)24-31-14(2)33-34-24)32-25-19(12-30-36(25)23(21)28)15-5-8-20(29-11-15)27(3,4)39/h5,8,11-12,16-18,39H,6-7,9-10,28H2,1-4H3,(H,31,33,34)/t16?,17-,18+. The van der Waals surface area contributed by atoms with Crippen molar-refractivity contribution in [3.8, 4) is 11.1 Å². The van der Waals surface area contributed by atoms with E-state index in [1.807, 2.05) is 11.0 Å². The molecule has 1 amide bonds. The number of nitrogens with one attached hydrogen (secondary N) is 1. The number of nitrogens with zero attached hydrogens (tertiary/aromatic N) is 7. The number of amides is 1. The predicted molar refractivity (Wildman–Crippen MR) is 142 cm³/mol. The molecule has 6 heterocycles. The molecule has 12 heteroatoms. The third-order valence-electron chi connectivity index (χ3n) is 7.91. The number of carbonyl (C=O) groups is 2. The molecule has 39 heavy (non-hydrogen) atoms. The number of aryl methyl sites for hydroxylation is 1. The second-order valence-electron chi connectivity index (χ2n) is 11.1. The number of carbonyl (C=O) groups excluding carboxylic acids is 2. The second-order valence-corrected chi connectivity index (χ2v) is 11.1. The van der Waals surface area contributed by atoms with Gasteiger partial charge in [0.15, 0.2) is 11.4 Å². The van der Waals surface area contributed by atoms with Crippen molar-refractivity contribution in [1.29, 1.82) is 0 Å². The molecular formula is C27H31N9O3. The van der Waals surface area contributed by atoms with Crippen LogP contribution in [0.2, 0.25) is 0 Å². The zero-order chi connectivity index (χ0) is 27.6. The average Bonchev–Trinajstić information content (AvgIpc) is 3.58. The number of hydrogen-bond acceptors (Lipinski definition) is 9. The van der Waals surface area contributed by atoms with Crippen LogP contribution in [0.3, 0.4) is 0 Å². The Hall–Kier alpha value is -4.19. The number of aliphatic hydroxyl groups is 1. The summed E-state index contributed by atoms with van der Waals surface area (Å²) in [4.78, 5) is 41.6. The van der Waals surface area contributed by atoms with Crippen molar-refractivity contribution < 1.29 is 14.7 Å². The molecule has 6 rings (SSSR count). The number of hydrogen-bond donors (Lipinski definition) is 3. The Morgan fingerprint density at radius 3 is 2.41 bits per heavy atom. The number of fused-ring (bicyclic) bond motifs is 3. The summed E-state index contributed by atoms with van der Waals surface area (Å²) in [6, 6.07) is 3.64. The highest BCUT2D eigenvalue weighted by Gasteiger charge is 2.46. The van der Waals surface area contributed by atoms with Crippen molar-refractivity contribution >= 4 is 23.2 Å². The van der Waals surface area contributed by atoms with Gasteiger partial charge in [-0.3, -0.25) is 19.7 Å². The highest BCUT2D eigenvalue weighted by atomic mass is 16.3. The number of rotatable bonds is 5. The lowest BCUT2D eigenvalue weighted by atomic mass is 9.85. The van der Waals surface area contributed by atoms with Crippen molar-refractivity contribution in [2.75, 3.05) is 5.73 Å². The topological polar surface area (TPSA) is 168 Å². The van der Waals surface area contributed by atoms with Gasteiger partial charge in [-0.05, 0) is 59.4 Å². The zero-order valence-electron chi connectivity index (χ0n) is 22.3. The van der Waals surface area contributed by atoms with Gasteiger partial charge >= 0.3 is 0 Å². The lowest BCUT2D eigenvalue weighted by Crippen LogP contribution is -2.46. The maximum atomic E-state index is 13.2. The van der Waals surface area contributed by atoms with Gasteiger partial charge in [0.05, 0.1) is 23.1 Å². The Kier molecular flexibility index (Phi) is 5.75. The first-order valence-corrected chi connectivity index (χ1v) is 13.1. The summed E-state index contributed by atoms with van der Waals surface area (Å²) >= 11 is 0. The first-order chi connectivity index (χ1) is 18.5. The van der Waals surface area contributed by atoms with E-state index in [9.17, 15) is 14.7 Å². The van der Waals surface area contributed by atoms with E-state index in [2.05, 4.69) is 25.3 Å². The van der Waals surface area contributed by atoms with Crippen LogP contribution in [0.4, 0.5) is 5.82 Å². The van der Waals surface area contributed by atoms with Gasteiger partial charge < -0.3 is 15.7 Å². The number of aromatic amines is 1. The van der Waals surface area contributed by atoms with Crippen LogP contribution in [0.1, 0.15) is 90.6 Å². The Balaban J connectivity index is 1.38. The van der Waals surface area contributed by atoms with Crippen molar-refractivity contribution in [1.82, 2.24) is 39.7 Å². The monoisotopic (exact) mass is 529 g/mol. The van der Waals surface area contributed by atoms with Crippen molar-refractivity contribution in [3.63, 3.8) is 0 Å². The fourth-order valence-corrected chi connectivity index (χ4v) is 6.09. The normalized spacial score (nSPS) is 21.1. The largest absolute Gasteiger partial charge is 0.384 e. The molecule has 4 N–H and O–H groups in total. The quantitative estimate of drug-likeness (QED) is 0.329. The molecule has 2 aliphatic heterocycles. The molecule has 12 nitrogen and oxygen atoms in total. The van der Waals surface area contributed by atoms with Crippen LogP contribution in [-0.4, -0.2) is 68.5 Å². The van der Waals surface area contributed by atoms with Gasteiger partial charge in [0.25, 0.3) is 5.91 Å². The van der Waals surface area contributed by atoms with Crippen molar-refractivity contribution in [2.45, 2.75) is 77.0 Å². The van der Waals surface area contributed by atoms with E-state index in [0.29, 0.717) is 41.3 Å². The van der Waals surface area contributed by atoms with Crippen LogP contribution in [-0.2, 0) is 5.60 Å². The highest BCUT2D eigenvalue weighted by molar-refractivity contribution is 6.00. The summed E-state index contributed by atoms with van der Waals surface area (Å²) in [5.41, 5.74) is 9.09. The van der Waals surface area contributed by atoms with E-state index in [-0.39, 0.29) is 41.3 Å². The number of H-pyrrole nitrogens is 1. The van der Waals surface area contributed by atoms with Gasteiger partial charge in [-0.25, -0.2) is 9.97 Å². The molecule has 2 saturated heterocycles. The van der Waals surface area contributed by atoms with E-state index in [1.54, 1.807) is 39.2 Å². The fraction of sp³-hybridized carbons (Fsp3) is 0.444. The number of ketones is 1. The van der Waals surface area contributed by atoms with Crippen LogP contribution in [0.25, 0.3) is 16.8 Å². The number of Topliss-reactive ketones (excluding diaryl/α,β-unsaturated/α-hetero) is 1. The van der Waals surface area contributed by atoms with E-state index >= 15 is 0 Å². The minimum Gasteiger partial charge on any atom is -0.384 e. The molecule has 2 bridgehead atoms. The second kappa shape index (κ2) is 8.94. The smallest absolute Gasteiger partial charge is 0.294 e. The predicted octanol–water partition coefficient (Wildman–Crippen LogP) is 2.78. The Morgan fingerprint density at radius 2 is 1.85 bits per heavy atom. The number of piperidine rings is 1. The van der Waals surface area contributed by atoms with Gasteiger partial charge in [0.1, 0.15) is 17.2 Å². The van der Waals surface area contributed by atoms with Gasteiger partial charge in [0.2, 0.25) is 5.82 Å². The Bertz CT molecular complexity index is 1590. The van der Waals surface area contributed by atoms with E-state index in [0.717, 1.165) is 24.0 Å². The van der Waals surface area contributed by atoms with Crippen LogP contribution in [0.5, 0.6) is 0 Å². The van der Waals surface area contributed by atoms with Crippen LogP contribution in [0.15, 0.2) is 24.5 Å². The lowest BCUT2D eigenvalue weighted by molar-refractivity contribution is 0.0556. The van der Waals surface area contributed by atoms with Crippen LogP contribution < -0.4 is 5.73 Å². The first-order valence-electron chi connectivity index (χ1n) is 13.1. The third-order valence-corrected chi connectivity index (χ3v) is 7.91. The van der Waals surface area contributed by atoms with E-state index in [1.165, 1.54) is 11.4 Å². The van der Waals surface area contributed by atoms with Gasteiger partial charge in [0, 0.05) is 35.3 Å². The minimum atomic E-state index is -1.06. The number of nitrogens with two attached hydrogens (primary N) is 1. The average molecular weight is 530 g/mol. The fourth-order valence-electron chi connectivity index (χ4n) is 6.09. The van der Waals surface area contributed by atoms with E-state index < -0.39 is 5.60 Å². The van der Waals surface area contributed by atoms with Gasteiger partial charge in [-0.15, -0.1) is 5.10 Å². The summed E-state index contributed by atoms with van der Waals surface area (Å²) in [7, 11) is 0. The summed E-state index contributed by atoms with van der Waals surface area (Å²) in [5.74, 6) is 0.639. The van der Waals surface area contributed by atoms with Crippen molar-refractivity contribution in [3.05, 3.63) is 53.1 Å². The molecule has 2 aliphatic rings. The zero-order valence-corrected chi connectivity index (χ0v) is 22.3. The van der Waals surface area contributed by atoms with Gasteiger partial charge in [-0.1, -0.05) is 6.07 Å². The molecular weight excluding hydrogens is 498 g/mol. The van der Waals surface area contributed by atoms with Crippen molar-refractivity contribution in [2.24, 2.45) is 0 Å². The molecule has 1 unspecified atom stereocenters. The molecule has 2 fully saturated rings. The molecule has 0 aliphatic carbocycles. The number of pyridine rings is 1. The number of nitrogen functional groups attached to an aromatic ring is 1. The molecule has 0 aromatic carbocycles. The molecule has 4 aromatic rings. The Morgan fingerprint density at radius 1 is 1.13 bits per heavy atom. The van der Waals surface area contributed by atoms with Gasteiger partial charge in [-0.2, -0.15) is 9.61 Å². The maximum Gasteiger partial charge on any atom is 0.294 e. The summed E-state index contributed by atoms with van der Waals surface area (Å²) in [6.07, 6.45) is 6.42. The number of aromatic nitrogens is 7.